The lowest BCUT2D eigenvalue weighted by atomic mass is 9.98. The number of rotatable bonds is 3. The van der Waals surface area contributed by atoms with E-state index in [9.17, 15) is 0 Å². The molecule has 1 aliphatic heterocycles. The largest absolute Gasteiger partial charge is 0.326 e. The molecule has 2 N–H and O–H groups in total. The predicted molar refractivity (Wildman–Crippen MR) is 66.1 cm³/mol. The summed E-state index contributed by atoms with van der Waals surface area (Å²) in [5.41, 5.74) is 7.38. The molecule has 1 aromatic rings. The summed E-state index contributed by atoms with van der Waals surface area (Å²) in [6.45, 7) is 4.43. The number of nitrogens with zero attached hydrogens (tertiary/aromatic N) is 2. The van der Waals surface area contributed by atoms with Gasteiger partial charge in [0.1, 0.15) is 0 Å². The van der Waals surface area contributed by atoms with E-state index < -0.39 is 0 Å². The second-order valence-corrected chi connectivity index (χ2v) is 4.69. The Morgan fingerprint density at radius 2 is 2.06 bits per heavy atom. The van der Waals surface area contributed by atoms with E-state index >= 15 is 0 Å². The molecule has 1 saturated heterocycles. The van der Waals surface area contributed by atoms with E-state index in [0.717, 1.165) is 0 Å². The van der Waals surface area contributed by atoms with Crippen LogP contribution in [-0.4, -0.2) is 29.0 Å². The molecule has 1 aliphatic rings. The third-order valence-electron chi connectivity index (χ3n) is 3.31. The summed E-state index contributed by atoms with van der Waals surface area (Å²) in [6.07, 6.45) is 7.71. The molecule has 2 rings (SSSR count). The Kier molecular flexibility index (Phi) is 3.91. The van der Waals surface area contributed by atoms with Gasteiger partial charge in [-0.25, -0.2) is 0 Å². The number of nitrogens with two attached hydrogens (primary N) is 1. The van der Waals surface area contributed by atoms with E-state index in [0.29, 0.717) is 6.04 Å². The van der Waals surface area contributed by atoms with Crippen LogP contribution in [0.5, 0.6) is 0 Å². The third kappa shape index (κ3) is 2.60. The van der Waals surface area contributed by atoms with Crippen molar-refractivity contribution in [2.24, 2.45) is 5.73 Å². The topological polar surface area (TPSA) is 42.1 Å². The molecule has 0 saturated carbocycles. The number of piperidine rings is 1. The van der Waals surface area contributed by atoms with Gasteiger partial charge in [-0.3, -0.25) is 9.88 Å². The molecule has 3 nitrogen and oxygen atoms in total. The van der Waals surface area contributed by atoms with Gasteiger partial charge in [0, 0.05) is 18.4 Å². The van der Waals surface area contributed by atoms with Gasteiger partial charge in [-0.2, -0.15) is 0 Å². The van der Waals surface area contributed by atoms with Gasteiger partial charge >= 0.3 is 0 Å². The molecule has 0 amide bonds. The van der Waals surface area contributed by atoms with Crippen molar-refractivity contribution in [3.63, 3.8) is 0 Å². The minimum Gasteiger partial charge on any atom is -0.326 e. The van der Waals surface area contributed by atoms with Crippen molar-refractivity contribution < 1.29 is 0 Å². The quantitative estimate of drug-likeness (QED) is 0.845. The molecule has 1 fully saturated rings. The molecule has 2 unspecified atom stereocenters. The van der Waals surface area contributed by atoms with Crippen LogP contribution in [0.2, 0.25) is 0 Å². The van der Waals surface area contributed by atoms with Crippen LogP contribution in [0.15, 0.2) is 24.5 Å². The van der Waals surface area contributed by atoms with Crippen molar-refractivity contribution >= 4 is 0 Å². The molecule has 88 valence electrons. The van der Waals surface area contributed by atoms with Gasteiger partial charge in [-0.1, -0.05) is 12.5 Å². The monoisotopic (exact) mass is 219 g/mol. The van der Waals surface area contributed by atoms with Gasteiger partial charge < -0.3 is 5.73 Å². The van der Waals surface area contributed by atoms with Gasteiger partial charge in [-0.15, -0.1) is 0 Å². The number of hydrogen-bond donors (Lipinski definition) is 1. The summed E-state index contributed by atoms with van der Waals surface area (Å²) in [5, 5.41) is 0. The summed E-state index contributed by atoms with van der Waals surface area (Å²) in [6, 6.07) is 4.61. The first kappa shape index (κ1) is 11.6. The molecule has 2 heterocycles. The fourth-order valence-electron chi connectivity index (χ4n) is 2.59. The summed E-state index contributed by atoms with van der Waals surface area (Å²) < 4.78 is 0. The van der Waals surface area contributed by atoms with Crippen molar-refractivity contribution in [3.05, 3.63) is 30.1 Å². The van der Waals surface area contributed by atoms with Crippen LogP contribution in [0.25, 0.3) is 0 Å². The van der Waals surface area contributed by atoms with E-state index in [4.69, 9.17) is 5.73 Å². The number of pyridine rings is 1. The highest BCUT2D eigenvalue weighted by molar-refractivity contribution is 5.16. The van der Waals surface area contributed by atoms with Crippen molar-refractivity contribution in [1.29, 1.82) is 0 Å². The van der Waals surface area contributed by atoms with Crippen LogP contribution >= 0.6 is 0 Å². The van der Waals surface area contributed by atoms with E-state index in [1.807, 2.05) is 18.5 Å². The van der Waals surface area contributed by atoms with Crippen LogP contribution in [0.3, 0.4) is 0 Å². The van der Waals surface area contributed by atoms with E-state index in [1.54, 1.807) is 0 Å². The lowest BCUT2D eigenvalue weighted by Gasteiger charge is -2.36. The third-order valence-corrected chi connectivity index (χ3v) is 3.31. The van der Waals surface area contributed by atoms with E-state index in [2.05, 4.69) is 22.9 Å². The van der Waals surface area contributed by atoms with Crippen LogP contribution in [0, 0.1) is 0 Å². The lowest BCUT2D eigenvalue weighted by molar-refractivity contribution is 0.146. The first-order valence-electron chi connectivity index (χ1n) is 6.18. The smallest absolute Gasteiger partial charge is 0.0511 e. The summed E-state index contributed by atoms with van der Waals surface area (Å²) in [4.78, 5) is 6.71. The minimum absolute atomic E-state index is 0.155. The van der Waals surface area contributed by atoms with Crippen molar-refractivity contribution in [2.75, 3.05) is 13.1 Å². The van der Waals surface area contributed by atoms with Crippen LogP contribution in [-0.2, 0) is 0 Å². The molecular formula is C13H21N3. The average Bonchev–Trinajstić information content (AvgIpc) is 2.31. The Bertz CT molecular complexity index is 304. The molecule has 0 aliphatic carbocycles. The zero-order chi connectivity index (χ0) is 11.4. The number of likely N-dealkylation sites (tertiary alicyclic amines) is 1. The molecule has 16 heavy (non-hydrogen) atoms. The second-order valence-electron chi connectivity index (χ2n) is 4.69. The van der Waals surface area contributed by atoms with E-state index in [-0.39, 0.29) is 6.04 Å². The Morgan fingerprint density at radius 3 is 2.62 bits per heavy atom. The Balaban J connectivity index is 2.16. The van der Waals surface area contributed by atoms with E-state index in [1.165, 1.54) is 37.9 Å². The fraction of sp³-hybridized carbons (Fsp3) is 0.615. The standard InChI is InChI=1S/C13H21N3/c1-11(14)13(12-6-5-7-15-10-12)16-8-3-2-4-9-16/h5-7,10-11,13H,2-4,8-9,14H2,1H3. The van der Waals surface area contributed by atoms with Crippen LogP contribution in [0.1, 0.15) is 37.8 Å². The van der Waals surface area contributed by atoms with Crippen LogP contribution < -0.4 is 5.73 Å². The Hall–Kier alpha value is -0.930. The summed E-state index contributed by atoms with van der Waals surface area (Å²) in [5.74, 6) is 0. The molecule has 0 radical (unpaired) electrons. The predicted octanol–water partition coefficient (Wildman–Crippen LogP) is 1.96. The van der Waals surface area contributed by atoms with Crippen molar-refractivity contribution in [2.45, 2.75) is 38.3 Å². The molecule has 2 atom stereocenters. The molecule has 0 spiro atoms. The lowest BCUT2D eigenvalue weighted by Crippen LogP contribution is -2.42. The SMILES string of the molecule is CC(N)C(c1cccnc1)N1CCCCC1. The van der Waals surface area contributed by atoms with Gasteiger partial charge in [0.05, 0.1) is 6.04 Å². The maximum Gasteiger partial charge on any atom is 0.0511 e. The van der Waals surface area contributed by atoms with Gasteiger partial charge in [0.15, 0.2) is 0 Å². The Morgan fingerprint density at radius 1 is 1.31 bits per heavy atom. The first-order chi connectivity index (χ1) is 7.79. The van der Waals surface area contributed by atoms with Crippen LogP contribution in [0.4, 0.5) is 0 Å². The minimum atomic E-state index is 0.155. The molecule has 1 aromatic heterocycles. The highest BCUT2D eigenvalue weighted by Gasteiger charge is 2.25. The molecule has 3 heteroatoms. The highest BCUT2D eigenvalue weighted by atomic mass is 15.2. The fourth-order valence-corrected chi connectivity index (χ4v) is 2.59. The summed E-state index contributed by atoms with van der Waals surface area (Å²) >= 11 is 0. The van der Waals surface area contributed by atoms with Gasteiger partial charge in [0.2, 0.25) is 0 Å². The zero-order valence-electron chi connectivity index (χ0n) is 9.97. The average molecular weight is 219 g/mol. The normalized spacial score (nSPS) is 21.6. The zero-order valence-corrected chi connectivity index (χ0v) is 9.97. The first-order valence-corrected chi connectivity index (χ1v) is 6.18. The number of hydrogen-bond acceptors (Lipinski definition) is 3. The Labute approximate surface area is 97.7 Å². The summed E-state index contributed by atoms with van der Waals surface area (Å²) in [7, 11) is 0. The number of aromatic nitrogens is 1. The van der Waals surface area contributed by atoms with Crippen molar-refractivity contribution in [3.8, 4) is 0 Å². The molecule has 0 aromatic carbocycles. The highest BCUT2D eigenvalue weighted by Crippen LogP contribution is 2.26. The maximum atomic E-state index is 6.13. The maximum absolute atomic E-state index is 6.13. The van der Waals surface area contributed by atoms with Gasteiger partial charge in [0.25, 0.3) is 0 Å². The molecular weight excluding hydrogens is 198 g/mol. The van der Waals surface area contributed by atoms with Crippen molar-refractivity contribution in [1.82, 2.24) is 9.88 Å². The van der Waals surface area contributed by atoms with Gasteiger partial charge in [-0.05, 0) is 44.5 Å². The second kappa shape index (κ2) is 5.41. The molecule has 0 bridgehead atoms.